The number of Topliss-reactive ketones (excluding diaryl/α,β-unsaturated/α-hetero) is 1. The van der Waals surface area contributed by atoms with Gasteiger partial charge in [-0.05, 0) is 43.3 Å². The van der Waals surface area contributed by atoms with Gasteiger partial charge in [0.15, 0.2) is 11.6 Å². The first kappa shape index (κ1) is 18.3. The third-order valence-electron chi connectivity index (χ3n) is 4.69. The fourth-order valence-corrected chi connectivity index (χ4v) is 3.54. The summed E-state index contributed by atoms with van der Waals surface area (Å²) in [6.07, 6.45) is -0.0487. The van der Waals surface area contributed by atoms with Crippen LogP contribution in [0.4, 0.5) is 14.6 Å². The average Bonchev–Trinajstić information content (AvgIpc) is 2.97. The minimum Gasteiger partial charge on any atom is -0.310 e. The number of ketones is 1. The number of hydrogen-bond acceptors (Lipinski definition) is 3. The second-order valence-corrected chi connectivity index (χ2v) is 6.97. The van der Waals surface area contributed by atoms with Crippen LogP contribution >= 0.6 is 11.6 Å². The lowest BCUT2D eigenvalue weighted by Crippen LogP contribution is -2.28. The maximum Gasteiger partial charge on any atom is 0.226 e. The van der Waals surface area contributed by atoms with Crippen molar-refractivity contribution in [2.45, 2.75) is 19.3 Å². The lowest BCUT2D eigenvalue weighted by Gasteiger charge is -2.23. The maximum atomic E-state index is 14.3. The number of aryl methyl sites for hydroxylation is 1. The van der Waals surface area contributed by atoms with Gasteiger partial charge in [0, 0.05) is 28.6 Å². The van der Waals surface area contributed by atoms with Crippen LogP contribution in [-0.4, -0.2) is 21.5 Å². The summed E-state index contributed by atoms with van der Waals surface area (Å²) < 4.78 is 28.7. The Kier molecular flexibility index (Phi) is 4.47. The molecule has 0 radical (unpaired) electrons. The zero-order chi connectivity index (χ0) is 20.0. The number of anilines is 1. The molecule has 5 nitrogen and oxygen atoms in total. The maximum absolute atomic E-state index is 14.3. The molecule has 2 aromatic carbocycles. The van der Waals surface area contributed by atoms with E-state index < -0.39 is 17.6 Å². The number of nitrogens with one attached hydrogen (secondary N) is 1. The molecular formula is C20H14ClF2N3O2. The molecule has 0 saturated carbocycles. The van der Waals surface area contributed by atoms with Gasteiger partial charge in [-0.3, -0.25) is 9.59 Å². The number of nitrogens with zero attached hydrogens (tertiary/aromatic N) is 2. The van der Waals surface area contributed by atoms with E-state index in [1.165, 1.54) is 10.7 Å². The number of amides is 1. The van der Waals surface area contributed by atoms with Crippen LogP contribution in [0.2, 0.25) is 5.02 Å². The summed E-state index contributed by atoms with van der Waals surface area (Å²) in [6, 6.07) is 9.45. The third kappa shape index (κ3) is 3.07. The number of halogens is 3. The number of carbonyl (C=O) groups is 2. The molecule has 0 spiro atoms. The molecule has 0 bridgehead atoms. The SMILES string of the molecule is Cc1nn(-c2ccc(F)cc2F)c2c1C(C(=O)c1ccc(Cl)cc1)CC(=O)N2. The zero-order valence-corrected chi connectivity index (χ0v) is 15.4. The fourth-order valence-electron chi connectivity index (χ4n) is 3.41. The van der Waals surface area contributed by atoms with Crippen molar-refractivity contribution < 1.29 is 18.4 Å². The second kappa shape index (κ2) is 6.83. The van der Waals surface area contributed by atoms with Crippen molar-refractivity contribution in [3.05, 3.63) is 75.9 Å². The quantitative estimate of drug-likeness (QED) is 0.661. The van der Waals surface area contributed by atoms with Gasteiger partial charge in [0.2, 0.25) is 5.91 Å². The Morgan fingerprint density at radius 3 is 2.61 bits per heavy atom. The number of carbonyl (C=O) groups excluding carboxylic acids is 2. The Labute approximate surface area is 163 Å². The predicted molar refractivity (Wildman–Crippen MR) is 100.0 cm³/mol. The van der Waals surface area contributed by atoms with Gasteiger partial charge in [-0.25, -0.2) is 13.5 Å². The molecule has 4 rings (SSSR count). The normalized spacial score (nSPS) is 15.9. The van der Waals surface area contributed by atoms with Crippen molar-refractivity contribution in [1.82, 2.24) is 9.78 Å². The molecule has 1 N–H and O–H groups in total. The number of hydrogen-bond donors (Lipinski definition) is 1. The average molecular weight is 402 g/mol. The van der Waals surface area contributed by atoms with Gasteiger partial charge in [-0.15, -0.1) is 0 Å². The Hall–Kier alpha value is -3.06. The van der Waals surface area contributed by atoms with E-state index >= 15 is 0 Å². The van der Waals surface area contributed by atoms with E-state index in [1.54, 1.807) is 31.2 Å². The standard InChI is InChI=1S/C20H14ClF2N3O2/c1-10-18-14(19(28)11-2-4-12(21)5-3-11)9-17(27)24-20(18)26(25-10)16-7-6-13(22)8-15(16)23/h2-8,14H,9H2,1H3,(H,24,27). The lowest BCUT2D eigenvalue weighted by molar-refractivity contribution is -0.116. The Morgan fingerprint density at radius 1 is 1.21 bits per heavy atom. The molecule has 28 heavy (non-hydrogen) atoms. The second-order valence-electron chi connectivity index (χ2n) is 6.53. The highest BCUT2D eigenvalue weighted by molar-refractivity contribution is 6.30. The molecule has 1 aromatic heterocycles. The van der Waals surface area contributed by atoms with Gasteiger partial charge in [-0.1, -0.05) is 11.6 Å². The summed E-state index contributed by atoms with van der Waals surface area (Å²) in [5.74, 6) is -2.74. The van der Waals surface area contributed by atoms with Crippen LogP contribution in [0.3, 0.4) is 0 Å². The van der Waals surface area contributed by atoms with Crippen molar-refractivity contribution in [2.75, 3.05) is 5.32 Å². The van der Waals surface area contributed by atoms with E-state index in [9.17, 15) is 18.4 Å². The highest BCUT2D eigenvalue weighted by Gasteiger charge is 2.36. The largest absolute Gasteiger partial charge is 0.310 e. The lowest BCUT2D eigenvalue weighted by atomic mass is 9.85. The molecule has 2 heterocycles. The van der Waals surface area contributed by atoms with Crippen LogP contribution in [0.25, 0.3) is 5.69 Å². The number of aromatic nitrogens is 2. The molecule has 0 aliphatic carbocycles. The highest BCUT2D eigenvalue weighted by atomic mass is 35.5. The molecule has 1 amide bonds. The van der Waals surface area contributed by atoms with Crippen molar-refractivity contribution in [2.24, 2.45) is 0 Å². The number of rotatable bonds is 3. The van der Waals surface area contributed by atoms with E-state index in [1.807, 2.05) is 0 Å². The molecule has 142 valence electrons. The van der Waals surface area contributed by atoms with E-state index in [2.05, 4.69) is 10.4 Å². The predicted octanol–water partition coefficient (Wildman–Crippen LogP) is 4.42. The summed E-state index contributed by atoms with van der Waals surface area (Å²) in [6.45, 7) is 1.68. The number of fused-ring (bicyclic) bond motifs is 1. The van der Waals surface area contributed by atoms with Gasteiger partial charge in [0.05, 0.1) is 11.6 Å². The van der Waals surface area contributed by atoms with Gasteiger partial charge < -0.3 is 5.32 Å². The van der Waals surface area contributed by atoms with Crippen LogP contribution in [0.1, 0.15) is 34.0 Å². The Balaban J connectivity index is 1.83. The van der Waals surface area contributed by atoms with E-state index in [-0.39, 0.29) is 29.6 Å². The summed E-state index contributed by atoms with van der Waals surface area (Å²) in [7, 11) is 0. The molecule has 1 unspecified atom stereocenters. The third-order valence-corrected chi connectivity index (χ3v) is 4.94. The molecule has 0 saturated heterocycles. The van der Waals surface area contributed by atoms with Crippen LogP contribution in [0.15, 0.2) is 42.5 Å². The molecule has 1 atom stereocenters. The Morgan fingerprint density at radius 2 is 1.93 bits per heavy atom. The smallest absolute Gasteiger partial charge is 0.226 e. The molecule has 1 aliphatic heterocycles. The molecule has 3 aromatic rings. The van der Waals surface area contributed by atoms with Crippen LogP contribution in [0.5, 0.6) is 0 Å². The van der Waals surface area contributed by atoms with Crippen LogP contribution < -0.4 is 5.32 Å². The van der Waals surface area contributed by atoms with E-state index in [0.29, 0.717) is 21.8 Å². The first-order chi connectivity index (χ1) is 13.3. The Bertz CT molecular complexity index is 1110. The first-order valence-corrected chi connectivity index (χ1v) is 8.87. The molecule has 0 fully saturated rings. The van der Waals surface area contributed by atoms with E-state index in [4.69, 9.17) is 11.6 Å². The van der Waals surface area contributed by atoms with Gasteiger partial charge in [0.1, 0.15) is 17.3 Å². The number of benzene rings is 2. The summed E-state index contributed by atoms with van der Waals surface area (Å²) in [4.78, 5) is 25.3. The molecule has 8 heteroatoms. The minimum atomic E-state index is -0.828. The van der Waals surface area contributed by atoms with Crippen molar-refractivity contribution in [1.29, 1.82) is 0 Å². The van der Waals surface area contributed by atoms with Crippen LogP contribution in [0, 0.1) is 18.6 Å². The summed E-state index contributed by atoms with van der Waals surface area (Å²) in [5, 5.41) is 7.45. The van der Waals surface area contributed by atoms with E-state index in [0.717, 1.165) is 12.1 Å². The van der Waals surface area contributed by atoms with Gasteiger partial charge in [-0.2, -0.15) is 5.10 Å². The summed E-state index contributed by atoms with van der Waals surface area (Å²) >= 11 is 5.88. The van der Waals surface area contributed by atoms with Crippen molar-refractivity contribution in [3.63, 3.8) is 0 Å². The molecular weight excluding hydrogens is 388 g/mol. The zero-order valence-electron chi connectivity index (χ0n) is 14.7. The van der Waals surface area contributed by atoms with Crippen molar-refractivity contribution >= 4 is 29.1 Å². The van der Waals surface area contributed by atoms with Crippen molar-refractivity contribution in [3.8, 4) is 5.69 Å². The van der Waals surface area contributed by atoms with Gasteiger partial charge in [0.25, 0.3) is 0 Å². The topological polar surface area (TPSA) is 64.0 Å². The molecule has 1 aliphatic rings. The minimum absolute atomic E-state index is 0.0226. The van der Waals surface area contributed by atoms with Gasteiger partial charge >= 0.3 is 0 Å². The fraction of sp³-hybridized carbons (Fsp3) is 0.150. The highest BCUT2D eigenvalue weighted by Crippen LogP contribution is 2.38. The monoisotopic (exact) mass is 401 g/mol. The van der Waals surface area contributed by atoms with Crippen LogP contribution in [-0.2, 0) is 4.79 Å². The summed E-state index contributed by atoms with van der Waals surface area (Å²) in [5.41, 5.74) is 1.38. The first-order valence-electron chi connectivity index (χ1n) is 8.49.